The molecule has 0 aromatic rings. The topological polar surface area (TPSA) is 14.1 Å². The second kappa shape index (κ2) is 7.15. The van der Waals surface area contributed by atoms with E-state index in [1.54, 1.807) is 0 Å². The van der Waals surface area contributed by atoms with Gasteiger partial charge in [-0.05, 0) is 0 Å². The van der Waals surface area contributed by atoms with Gasteiger partial charge in [0.25, 0.3) is 0 Å². The molecule has 0 amide bonds. The Hall–Kier alpha value is 1.81. The molecule has 78 valence electrons. The predicted molar refractivity (Wildman–Crippen MR) is 54.9 cm³/mol. The molecule has 1 fully saturated rings. The third-order valence-electron chi connectivity index (χ3n) is 1.45. The molecule has 1 saturated heterocycles. The van der Waals surface area contributed by atoms with Gasteiger partial charge in [0.15, 0.2) is 0 Å². The number of halogens is 4. The predicted octanol–water partition coefficient (Wildman–Crippen LogP) is 4.55. The van der Waals surface area contributed by atoms with Gasteiger partial charge in [0, 0.05) is 0 Å². The molecule has 1 aliphatic rings. The van der Waals surface area contributed by atoms with Gasteiger partial charge < -0.3 is 5.32 Å². The Morgan fingerprint density at radius 1 is 1.25 bits per heavy atom. The number of hydrogen-bond acceptors (Lipinski definition) is 0. The SMILES string of the molecule is CC1CCC[N-]C1.[Cl][Pt+2]([Cl])([Cl])[Cl]. The van der Waals surface area contributed by atoms with E-state index in [2.05, 4.69) is 12.2 Å². The molecule has 0 aromatic heterocycles. The first-order valence-corrected chi connectivity index (χ1v) is 14.8. The molecule has 1 aliphatic heterocycles. The van der Waals surface area contributed by atoms with Crippen molar-refractivity contribution < 1.29 is 11.9 Å². The molecule has 12 heavy (non-hydrogen) atoms. The van der Waals surface area contributed by atoms with Crippen LogP contribution in [-0.2, 0) is 11.9 Å². The molecule has 1 rings (SSSR count). The van der Waals surface area contributed by atoms with Crippen LogP contribution in [0.1, 0.15) is 19.8 Å². The summed E-state index contributed by atoms with van der Waals surface area (Å²) < 4.78 is 0. The Balaban J connectivity index is 0.000000217. The van der Waals surface area contributed by atoms with E-state index < -0.39 is 11.9 Å². The minimum absolute atomic E-state index is 0.869. The fraction of sp³-hybridized carbons (Fsp3) is 1.00. The van der Waals surface area contributed by atoms with Gasteiger partial charge in [-0.3, -0.25) is 0 Å². The second-order valence-electron chi connectivity index (χ2n) is 2.65. The van der Waals surface area contributed by atoms with E-state index in [4.69, 9.17) is 37.7 Å². The van der Waals surface area contributed by atoms with Gasteiger partial charge >= 0.3 is 49.6 Å². The van der Waals surface area contributed by atoms with Gasteiger partial charge in [-0.2, -0.15) is 0 Å². The maximum absolute atomic E-state index is 5.01. The summed E-state index contributed by atoms with van der Waals surface area (Å²) >= 11 is -3.06. The molecule has 6 heteroatoms. The molecular weight excluding hydrogens is 423 g/mol. The minimum atomic E-state index is -3.06. The van der Waals surface area contributed by atoms with Crippen LogP contribution in [-0.4, -0.2) is 13.1 Å². The average molecular weight is 435 g/mol. The first kappa shape index (κ1) is 13.8. The summed E-state index contributed by atoms with van der Waals surface area (Å²) in [4.78, 5) is 0. The molecule has 0 aliphatic carbocycles. The first-order chi connectivity index (χ1) is 5.39. The Morgan fingerprint density at radius 3 is 1.92 bits per heavy atom. The number of piperidine rings is 1. The van der Waals surface area contributed by atoms with Gasteiger partial charge in [0.2, 0.25) is 0 Å². The van der Waals surface area contributed by atoms with Crippen LogP contribution in [0.25, 0.3) is 5.32 Å². The van der Waals surface area contributed by atoms with Crippen molar-refractivity contribution in [1.82, 2.24) is 0 Å². The third-order valence-corrected chi connectivity index (χ3v) is 1.45. The standard InChI is InChI=1S/C6H12N.4ClH.Pt/c1-6-3-2-4-7-5-6;;;;;/h6H,2-5H2,1H3;4*1H;/q-1;;;;;+6/p-4. The van der Waals surface area contributed by atoms with Crippen LogP contribution in [0.5, 0.6) is 0 Å². The maximum atomic E-state index is 5.01. The fourth-order valence-corrected chi connectivity index (χ4v) is 0.955. The van der Waals surface area contributed by atoms with E-state index in [1.807, 2.05) is 0 Å². The van der Waals surface area contributed by atoms with Crippen molar-refractivity contribution in [2.24, 2.45) is 5.92 Å². The second-order valence-corrected chi connectivity index (χ2v) is 22.3. The van der Waals surface area contributed by atoms with Crippen molar-refractivity contribution in [1.29, 1.82) is 0 Å². The number of hydrogen-bond donors (Lipinski definition) is 0. The molecule has 0 spiro atoms. The third kappa shape index (κ3) is 14.3. The number of rotatable bonds is 0. The summed E-state index contributed by atoms with van der Waals surface area (Å²) in [7, 11) is 20.0. The average Bonchev–Trinajstić information content (AvgIpc) is 1.85. The van der Waals surface area contributed by atoms with E-state index in [1.165, 1.54) is 12.8 Å². The Labute approximate surface area is 93.0 Å². The summed E-state index contributed by atoms with van der Waals surface area (Å²) in [6.07, 6.45) is 2.71. The van der Waals surface area contributed by atoms with Gasteiger partial charge in [-0.1, -0.05) is 25.7 Å². The van der Waals surface area contributed by atoms with Crippen LogP contribution in [0.2, 0.25) is 0 Å². The normalized spacial score (nSPS) is 25.6. The molecule has 1 nitrogen and oxygen atoms in total. The van der Waals surface area contributed by atoms with Gasteiger partial charge in [-0.25, -0.2) is 0 Å². The molecule has 0 bridgehead atoms. The summed E-state index contributed by atoms with van der Waals surface area (Å²) in [5.74, 6) is 0.869. The molecule has 0 aromatic carbocycles. The zero-order chi connectivity index (χ0) is 9.61. The van der Waals surface area contributed by atoms with Crippen LogP contribution < -0.4 is 0 Å². The van der Waals surface area contributed by atoms with E-state index in [-0.39, 0.29) is 0 Å². The fourth-order valence-electron chi connectivity index (χ4n) is 0.955. The summed E-state index contributed by atoms with van der Waals surface area (Å²) in [6.45, 7) is 4.49. The van der Waals surface area contributed by atoms with Crippen LogP contribution in [0, 0.1) is 5.92 Å². The summed E-state index contributed by atoms with van der Waals surface area (Å²) in [5.41, 5.74) is 0. The van der Waals surface area contributed by atoms with Crippen molar-refractivity contribution >= 4 is 37.7 Å². The van der Waals surface area contributed by atoms with Crippen molar-refractivity contribution in [3.05, 3.63) is 5.32 Å². The van der Waals surface area contributed by atoms with E-state index >= 15 is 0 Å². The van der Waals surface area contributed by atoms with Crippen LogP contribution in [0.15, 0.2) is 0 Å². The van der Waals surface area contributed by atoms with Crippen molar-refractivity contribution in [2.75, 3.05) is 13.1 Å². The molecule has 0 radical (unpaired) electrons. The Morgan fingerprint density at radius 2 is 1.75 bits per heavy atom. The van der Waals surface area contributed by atoms with E-state index in [0.717, 1.165) is 19.0 Å². The van der Waals surface area contributed by atoms with Crippen LogP contribution in [0.3, 0.4) is 0 Å². The molecule has 0 saturated carbocycles. The Bertz CT molecular complexity index is 105. The summed E-state index contributed by atoms with van der Waals surface area (Å²) in [6, 6.07) is 0. The molecule has 1 heterocycles. The zero-order valence-electron chi connectivity index (χ0n) is 6.68. The Kier molecular flexibility index (Phi) is 8.22. The molecule has 1 atom stereocenters. The van der Waals surface area contributed by atoms with Gasteiger partial charge in [0.05, 0.1) is 0 Å². The van der Waals surface area contributed by atoms with E-state index in [0.29, 0.717) is 0 Å². The van der Waals surface area contributed by atoms with Crippen molar-refractivity contribution in [3.8, 4) is 0 Å². The summed E-state index contributed by atoms with van der Waals surface area (Å²) in [5, 5.41) is 4.26. The molecule has 1 unspecified atom stereocenters. The monoisotopic (exact) mass is 433 g/mol. The molecule has 0 N–H and O–H groups in total. The van der Waals surface area contributed by atoms with Gasteiger partial charge in [-0.15, -0.1) is 13.1 Å². The number of nitrogens with zero attached hydrogens (tertiary/aromatic N) is 1. The zero-order valence-corrected chi connectivity index (χ0v) is 12.0. The van der Waals surface area contributed by atoms with Crippen molar-refractivity contribution in [2.45, 2.75) is 19.8 Å². The van der Waals surface area contributed by atoms with E-state index in [9.17, 15) is 0 Å². The van der Waals surface area contributed by atoms with Crippen molar-refractivity contribution in [3.63, 3.8) is 0 Å². The molecular formula is C6H12Cl4NPt+. The van der Waals surface area contributed by atoms with Gasteiger partial charge in [0.1, 0.15) is 0 Å². The quantitative estimate of drug-likeness (QED) is 0.531. The van der Waals surface area contributed by atoms with Crippen LogP contribution >= 0.6 is 37.7 Å². The first-order valence-electron chi connectivity index (χ1n) is 3.50. The van der Waals surface area contributed by atoms with Crippen LogP contribution in [0.4, 0.5) is 0 Å².